The fraction of sp³-hybridized carbons (Fsp3) is 0.360. The van der Waals surface area contributed by atoms with E-state index in [1.54, 1.807) is 24.7 Å². The summed E-state index contributed by atoms with van der Waals surface area (Å²) in [4.78, 5) is 27.1. The molecule has 0 aliphatic carbocycles. The molecule has 2 heterocycles. The van der Waals surface area contributed by atoms with Crippen LogP contribution in [0.25, 0.3) is 5.69 Å². The highest BCUT2D eigenvalue weighted by Gasteiger charge is 2.32. The quantitative estimate of drug-likeness (QED) is 0.521. The lowest BCUT2D eigenvalue weighted by molar-refractivity contribution is -0.895. The topological polar surface area (TPSA) is 97.8 Å². The van der Waals surface area contributed by atoms with Gasteiger partial charge in [0, 0.05) is 7.05 Å². The lowest BCUT2D eigenvalue weighted by Gasteiger charge is -2.31. The van der Waals surface area contributed by atoms with Crippen LogP contribution < -0.4 is 15.8 Å². The Kier molecular flexibility index (Phi) is 6.98. The van der Waals surface area contributed by atoms with Gasteiger partial charge in [0.25, 0.3) is 11.5 Å². The molecule has 1 amide bonds. The van der Waals surface area contributed by atoms with Gasteiger partial charge in [-0.3, -0.25) is 14.3 Å². The molecule has 0 spiro atoms. The smallest absolute Gasteiger partial charge is 0.295 e. The fourth-order valence-electron chi connectivity index (χ4n) is 4.57. The van der Waals surface area contributed by atoms with Crippen LogP contribution in [-0.2, 0) is 21.9 Å². The number of benzene rings is 2. The van der Waals surface area contributed by atoms with Crippen molar-refractivity contribution in [3.63, 3.8) is 0 Å². The molecule has 0 unspecified atom stereocenters. The Hall–Kier alpha value is -3.21. The SMILES string of the molecule is Cc1ccc(S(=O)(=O)N2CC[NH+](CC(=O)Nc3c(C)n(C)n(-c4ccccc4)c3=O)CC2)c(C)c1. The highest BCUT2D eigenvalue weighted by atomic mass is 32.2. The van der Waals surface area contributed by atoms with Crippen LogP contribution in [0.15, 0.2) is 58.2 Å². The predicted octanol–water partition coefficient (Wildman–Crippen LogP) is 0.629. The molecule has 0 atom stereocenters. The van der Waals surface area contributed by atoms with Crippen molar-refractivity contribution in [1.29, 1.82) is 0 Å². The summed E-state index contributed by atoms with van der Waals surface area (Å²) in [5.41, 5.74) is 3.10. The summed E-state index contributed by atoms with van der Waals surface area (Å²) >= 11 is 0. The molecule has 2 N–H and O–H groups in total. The highest BCUT2D eigenvalue weighted by Crippen LogP contribution is 2.21. The molecule has 1 aliphatic heterocycles. The third-order valence-corrected chi connectivity index (χ3v) is 8.67. The molecule has 3 aromatic rings. The second-order valence-electron chi connectivity index (χ2n) is 9.08. The first-order valence-electron chi connectivity index (χ1n) is 11.6. The molecule has 0 saturated carbocycles. The Morgan fingerprint density at radius 2 is 1.69 bits per heavy atom. The second-order valence-corrected chi connectivity index (χ2v) is 11.0. The van der Waals surface area contributed by atoms with Gasteiger partial charge in [-0.2, -0.15) is 4.31 Å². The number of carbonyl (C=O) groups is 1. The fourth-order valence-corrected chi connectivity index (χ4v) is 6.22. The van der Waals surface area contributed by atoms with Gasteiger partial charge in [-0.05, 0) is 44.5 Å². The average molecular weight is 499 g/mol. The molecule has 0 radical (unpaired) electrons. The van der Waals surface area contributed by atoms with Gasteiger partial charge in [-0.1, -0.05) is 35.9 Å². The van der Waals surface area contributed by atoms with Crippen molar-refractivity contribution >= 4 is 21.6 Å². The predicted molar refractivity (Wildman–Crippen MR) is 135 cm³/mol. The molecule has 9 nitrogen and oxygen atoms in total. The number of para-hydroxylation sites is 1. The van der Waals surface area contributed by atoms with Crippen molar-refractivity contribution in [2.24, 2.45) is 7.05 Å². The molecule has 1 fully saturated rings. The van der Waals surface area contributed by atoms with Gasteiger partial charge >= 0.3 is 0 Å². The molecule has 0 bridgehead atoms. The summed E-state index contributed by atoms with van der Waals surface area (Å²) < 4.78 is 31.0. The number of carbonyl (C=O) groups excluding carboxylic acids is 1. The summed E-state index contributed by atoms with van der Waals surface area (Å²) in [6.45, 7) is 7.40. The highest BCUT2D eigenvalue weighted by molar-refractivity contribution is 7.89. The summed E-state index contributed by atoms with van der Waals surface area (Å²) in [6.07, 6.45) is 0. The van der Waals surface area contributed by atoms with E-state index >= 15 is 0 Å². The van der Waals surface area contributed by atoms with E-state index in [2.05, 4.69) is 5.32 Å². The second kappa shape index (κ2) is 9.80. The molecule has 35 heavy (non-hydrogen) atoms. The summed E-state index contributed by atoms with van der Waals surface area (Å²) in [5, 5.41) is 2.79. The van der Waals surface area contributed by atoms with E-state index in [-0.39, 0.29) is 23.7 Å². The van der Waals surface area contributed by atoms with Crippen molar-refractivity contribution in [2.75, 3.05) is 38.0 Å². The van der Waals surface area contributed by atoms with Crippen LogP contribution in [0.2, 0.25) is 0 Å². The number of piperazine rings is 1. The first-order chi connectivity index (χ1) is 16.6. The number of aryl methyl sites for hydroxylation is 2. The maximum absolute atomic E-state index is 13.1. The zero-order valence-electron chi connectivity index (χ0n) is 20.5. The molecule has 1 aromatic heterocycles. The van der Waals surface area contributed by atoms with Crippen LogP contribution in [0.4, 0.5) is 5.69 Å². The lowest BCUT2D eigenvalue weighted by Crippen LogP contribution is -3.15. The third kappa shape index (κ3) is 4.95. The molecule has 1 saturated heterocycles. The number of hydrogen-bond acceptors (Lipinski definition) is 4. The molecule has 186 valence electrons. The normalized spacial score (nSPS) is 15.3. The van der Waals surface area contributed by atoms with Gasteiger partial charge in [0.05, 0.1) is 42.5 Å². The van der Waals surface area contributed by atoms with E-state index < -0.39 is 10.0 Å². The van der Waals surface area contributed by atoms with Crippen LogP contribution in [0.5, 0.6) is 0 Å². The molecule has 10 heteroatoms. The zero-order chi connectivity index (χ0) is 25.3. The molecule has 1 aliphatic rings. The van der Waals surface area contributed by atoms with E-state index in [4.69, 9.17) is 0 Å². The summed E-state index contributed by atoms with van der Waals surface area (Å²) in [6, 6.07) is 14.6. The standard InChI is InChI=1S/C25H31N5O4S/c1-18-10-11-22(19(2)16-18)35(33,34)29-14-12-28(13-15-29)17-23(31)26-24-20(3)27(4)30(25(24)32)21-8-6-5-7-9-21/h5-11,16H,12-15,17H2,1-4H3,(H,26,31)/p+1. The lowest BCUT2D eigenvalue weighted by atomic mass is 10.2. The first-order valence-corrected chi connectivity index (χ1v) is 13.1. The van der Waals surface area contributed by atoms with Crippen molar-refractivity contribution in [3.05, 3.63) is 75.7 Å². The molecule has 2 aromatic carbocycles. The minimum atomic E-state index is -3.58. The molecular weight excluding hydrogens is 466 g/mol. The van der Waals surface area contributed by atoms with Crippen LogP contribution in [-0.4, -0.2) is 60.7 Å². The average Bonchev–Trinajstić information content (AvgIpc) is 3.02. The van der Waals surface area contributed by atoms with E-state index in [1.165, 1.54) is 8.99 Å². The van der Waals surface area contributed by atoms with Gasteiger partial charge in [0.15, 0.2) is 6.54 Å². The largest absolute Gasteiger partial charge is 0.325 e. The minimum Gasteiger partial charge on any atom is -0.325 e. The number of amides is 1. The van der Waals surface area contributed by atoms with Gasteiger partial charge in [0.2, 0.25) is 10.0 Å². The number of sulfonamides is 1. The van der Waals surface area contributed by atoms with Crippen LogP contribution >= 0.6 is 0 Å². The monoisotopic (exact) mass is 498 g/mol. The number of nitrogens with zero attached hydrogens (tertiary/aromatic N) is 3. The zero-order valence-corrected chi connectivity index (χ0v) is 21.4. The third-order valence-electron chi connectivity index (χ3n) is 6.61. The van der Waals surface area contributed by atoms with Crippen LogP contribution in [0.3, 0.4) is 0 Å². The van der Waals surface area contributed by atoms with Crippen molar-refractivity contribution in [2.45, 2.75) is 25.7 Å². The van der Waals surface area contributed by atoms with Gasteiger partial charge in [-0.25, -0.2) is 13.1 Å². The number of hydrogen-bond donors (Lipinski definition) is 2. The van der Waals surface area contributed by atoms with E-state index in [0.717, 1.165) is 21.7 Å². The van der Waals surface area contributed by atoms with E-state index in [1.807, 2.05) is 56.3 Å². The number of aromatic nitrogens is 2. The van der Waals surface area contributed by atoms with Crippen LogP contribution in [0.1, 0.15) is 16.8 Å². The van der Waals surface area contributed by atoms with E-state index in [9.17, 15) is 18.0 Å². The number of rotatable bonds is 6. The van der Waals surface area contributed by atoms with Gasteiger partial charge in [0.1, 0.15) is 5.69 Å². The Balaban J connectivity index is 1.40. The Morgan fingerprint density at radius 1 is 1.03 bits per heavy atom. The molecule has 4 rings (SSSR count). The Labute approximate surface area is 205 Å². The van der Waals surface area contributed by atoms with Gasteiger partial charge in [-0.15, -0.1) is 0 Å². The maximum Gasteiger partial charge on any atom is 0.295 e. The Morgan fingerprint density at radius 3 is 2.31 bits per heavy atom. The number of quaternary nitrogens is 1. The summed E-state index contributed by atoms with van der Waals surface area (Å²) in [5.74, 6) is -0.267. The van der Waals surface area contributed by atoms with Gasteiger partial charge < -0.3 is 10.2 Å². The number of nitrogens with one attached hydrogen (secondary N) is 2. The van der Waals surface area contributed by atoms with Crippen LogP contribution in [0, 0.1) is 20.8 Å². The Bertz CT molecular complexity index is 1400. The minimum absolute atomic E-state index is 0.163. The van der Waals surface area contributed by atoms with Crippen molar-refractivity contribution in [1.82, 2.24) is 13.7 Å². The maximum atomic E-state index is 13.1. The molecular formula is C25H32N5O4S+. The number of anilines is 1. The van der Waals surface area contributed by atoms with E-state index in [0.29, 0.717) is 36.8 Å². The first kappa shape index (κ1) is 24.9. The van der Waals surface area contributed by atoms with Crippen molar-refractivity contribution < 1.29 is 18.1 Å². The van der Waals surface area contributed by atoms with Crippen molar-refractivity contribution in [3.8, 4) is 5.69 Å². The summed E-state index contributed by atoms with van der Waals surface area (Å²) in [7, 11) is -1.80.